The zero-order valence-electron chi connectivity index (χ0n) is 9.91. The van der Waals surface area contributed by atoms with Crippen LogP contribution >= 0.6 is 12.4 Å². The lowest BCUT2D eigenvalue weighted by Gasteiger charge is -2.21. The van der Waals surface area contributed by atoms with Gasteiger partial charge in [-0.25, -0.2) is 4.98 Å². The third-order valence-electron chi connectivity index (χ3n) is 3.26. The smallest absolute Gasteiger partial charge is 0.140 e. The van der Waals surface area contributed by atoms with E-state index in [1.807, 2.05) is 18.3 Å². The van der Waals surface area contributed by atoms with Gasteiger partial charge in [-0.2, -0.15) is 0 Å². The van der Waals surface area contributed by atoms with Gasteiger partial charge in [0.25, 0.3) is 0 Å². The first-order valence-corrected chi connectivity index (χ1v) is 5.83. The molecule has 96 valence electrons. The number of phenols is 1. The van der Waals surface area contributed by atoms with E-state index in [1.165, 1.54) is 5.69 Å². The molecule has 0 bridgehead atoms. The number of fused-ring (bicyclic) bond motifs is 1. The summed E-state index contributed by atoms with van der Waals surface area (Å²) in [5.41, 5.74) is 8.18. The number of nitrogens with two attached hydrogens (primary N) is 1. The standard InChI is InChI=1S/C13H15N3O.ClH/c14-10-5-6-16-11(7-10)8-15-13(16)9-1-3-12(17)4-2-9;/h1-4,8,10,17H,5-7,14H2;1H. The number of rotatable bonds is 1. The Morgan fingerprint density at radius 1 is 1.28 bits per heavy atom. The second-order valence-electron chi connectivity index (χ2n) is 4.52. The lowest BCUT2D eigenvalue weighted by atomic mass is 10.1. The fraction of sp³-hybridized carbons (Fsp3) is 0.308. The van der Waals surface area contributed by atoms with Gasteiger partial charge in [0.05, 0.1) is 0 Å². The van der Waals surface area contributed by atoms with Crippen molar-refractivity contribution in [2.75, 3.05) is 0 Å². The minimum atomic E-state index is 0. The lowest BCUT2D eigenvalue weighted by molar-refractivity contribution is 0.473. The average Bonchev–Trinajstić information content (AvgIpc) is 2.73. The number of hydrogen-bond donors (Lipinski definition) is 2. The summed E-state index contributed by atoms with van der Waals surface area (Å²) in [7, 11) is 0. The number of hydrogen-bond acceptors (Lipinski definition) is 3. The van der Waals surface area contributed by atoms with Gasteiger partial charge < -0.3 is 15.4 Å². The molecule has 3 N–H and O–H groups in total. The maximum Gasteiger partial charge on any atom is 0.140 e. The Morgan fingerprint density at radius 2 is 2.00 bits per heavy atom. The van der Waals surface area contributed by atoms with Crippen LogP contribution in [0.15, 0.2) is 30.5 Å². The van der Waals surface area contributed by atoms with Gasteiger partial charge >= 0.3 is 0 Å². The van der Waals surface area contributed by atoms with Crippen LogP contribution in [-0.4, -0.2) is 20.7 Å². The third kappa shape index (κ3) is 2.21. The molecule has 0 fully saturated rings. The quantitative estimate of drug-likeness (QED) is 0.828. The zero-order valence-corrected chi connectivity index (χ0v) is 10.7. The van der Waals surface area contributed by atoms with E-state index >= 15 is 0 Å². The van der Waals surface area contributed by atoms with Crippen molar-refractivity contribution < 1.29 is 5.11 Å². The number of aromatic hydroxyl groups is 1. The predicted octanol–water partition coefficient (Wildman–Crippen LogP) is 1.95. The third-order valence-corrected chi connectivity index (χ3v) is 3.26. The SMILES string of the molecule is Cl.NC1CCn2c(cnc2-c2ccc(O)cc2)C1. The van der Waals surface area contributed by atoms with E-state index in [4.69, 9.17) is 5.73 Å². The van der Waals surface area contributed by atoms with E-state index in [0.717, 1.165) is 30.8 Å². The largest absolute Gasteiger partial charge is 0.508 e. The first kappa shape index (κ1) is 12.9. The normalized spacial score (nSPS) is 17.9. The molecule has 2 heterocycles. The Hall–Kier alpha value is -1.52. The van der Waals surface area contributed by atoms with Crippen molar-refractivity contribution in [2.45, 2.75) is 25.4 Å². The van der Waals surface area contributed by atoms with Crippen LogP contribution in [0.4, 0.5) is 0 Å². The molecular formula is C13H16ClN3O. The van der Waals surface area contributed by atoms with Crippen molar-refractivity contribution in [3.05, 3.63) is 36.2 Å². The topological polar surface area (TPSA) is 64.1 Å². The van der Waals surface area contributed by atoms with Crippen LogP contribution in [0.2, 0.25) is 0 Å². The number of halogens is 1. The number of aromatic nitrogens is 2. The van der Waals surface area contributed by atoms with E-state index in [9.17, 15) is 5.11 Å². The fourth-order valence-corrected chi connectivity index (χ4v) is 2.33. The van der Waals surface area contributed by atoms with Gasteiger partial charge in [-0.15, -0.1) is 12.4 Å². The summed E-state index contributed by atoms with van der Waals surface area (Å²) in [6.07, 6.45) is 3.79. The molecule has 3 rings (SSSR count). The number of nitrogens with zero attached hydrogens (tertiary/aromatic N) is 2. The highest BCUT2D eigenvalue weighted by molar-refractivity contribution is 5.85. The maximum atomic E-state index is 9.28. The van der Waals surface area contributed by atoms with Crippen molar-refractivity contribution >= 4 is 12.4 Å². The highest BCUT2D eigenvalue weighted by atomic mass is 35.5. The average molecular weight is 266 g/mol. The monoisotopic (exact) mass is 265 g/mol. The number of imidazole rings is 1. The summed E-state index contributed by atoms with van der Waals surface area (Å²) in [4.78, 5) is 4.46. The van der Waals surface area contributed by atoms with Gasteiger partial charge in [0, 0.05) is 36.5 Å². The highest BCUT2D eigenvalue weighted by Gasteiger charge is 2.19. The van der Waals surface area contributed by atoms with Gasteiger partial charge in [-0.3, -0.25) is 0 Å². The van der Waals surface area contributed by atoms with Crippen molar-refractivity contribution in [3.8, 4) is 17.1 Å². The second-order valence-corrected chi connectivity index (χ2v) is 4.52. The lowest BCUT2D eigenvalue weighted by Crippen LogP contribution is -2.30. The Kier molecular flexibility index (Phi) is 3.59. The van der Waals surface area contributed by atoms with Gasteiger partial charge in [0.2, 0.25) is 0 Å². The van der Waals surface area contributed by atoms with Gasteiger partial charge in [-0.05, 0) is 30.7 Å². The first-order valence-electron chi connectivity index (χ1n) is 5.83. The first-order chi connectivity index (χ1) is 8.24. The molecule has 1 atom stereocenters. The van der Waals surface area contributed by atoms with Crippen LogP contribution in [0, 0.1) is 0 Å². The molecule has 0 aliphatic carbocycles. The molecule has 4 nitrogen and oxygen atoms in total. The van der Waals surface area contributed by atoms with Gasteiger partial charge in [-0.1, -0.05) is 0 Å². The highest BCUT2D eigenvalue weighted by Crippen LogP contribution is 2.25. The molecule has 2 aromatic rings. The molecule has 1 aromatic carbocycles. The summed E-state index contributed by atoms with van der Waals surface area (Å²) in [6.45, 7) is 0.923. The molecule has 1 unspecified atom stereocenters. The van der Waals surface area contributed by atoms with Gasteiger partial charge in [0.15, 0.2) is 0 Å². The van der Waals surface area contributed by atoms with E-state index < -0.39 is 0 Å². The van der Waals surface area contributed by atoms with Gasteiger partial charge in [0.1, 0.15) is 11.6 Å². The molecule has 0 spiro atoms. The second kappa shape index (κ2) is 5.00. The van der Waals surface area contributed by atoms with Crippen LogP contribution in [0.1, 0.15) is 12.1 Å². The Balaban J connectivity index is 0.00000120. The molecular weight excluding hydrogens is 250 g/mol. The Morgan fingerprint density at radius 3 is 2.72 bits per heavy atom. The Labute approximate surface area is 112 Å². The molecule has 0 saturated heterocycles. The molecule has 0 radical (unpaired) electrons. The van der Waals surface area contributed by atoms with E-state index in [2.05, 4.69) is 9.55 Å². The Bertz CT molecular complexity index is 536. The van der Waals surface area contributed by atoms with Crippen molar-refractivity contribution in [3.63, 3.8) is 0 Å². The van der Waals surface area contributed by atoms with Crippen LogP contribution in [-0.2, 0) is 13.0 Å². The fourth-order valence-electron chi connectivity index (χ4n) is 2.33. The summed E-state index contributed by atoms with van der Waals surface area (Å²) in [6, 6.07) is 7.41. The minimum Gasteiger partial charge on any atom is -0.508 e. The number of phenolic OH excluding ortho intramolecular Hbond substituents is 1. The molecule has 1 aliphatic heterocycles. The molecule has 1 aromatic heterocycles. The van der Waals surface area contributed by atoms with Crippen molar-refractivity contribution in [1.82, 2.24) is 9.55 Å². The van der Waals surface area contributed by atoms with Crippen LogP contribution in [0.25, 0.3) is 11.4 Å². The summed E-state index contributed by atoms with van der Waals surface area (Å²) in [5, 5.41) is 9.28. The van der Waals surface area contributed by atoms with Crippen molar-refractivity contribution in [2.24, 2.45) is 5.73 Å². The van der Waals surface area contributed by atoms with E-state index in [1.54, 1.807) is 12.1 Å². The van der Waals surface area contributed by atoms with E-state index in [-0.39, 0.29) is 24.2 Å². The van der Waals surface area contributed by atoms with Crippen LogP contribution < -0.4 is 5.73 Å². The predicted molar refractivity (Wildman–Crippen MR) is 72.9 cm³/mol. The van der Waals surface area contributed by atoms with Crippen molar-refractivity contribution in [1.29, 1.82) is 0 Å². The van der Waals surface area contributed by atoms with Crippen LogP contribution in [0.5, 0.6) is 5.75 Å². The van der Waals surface area contributed by atoms with Crippen LogP contribution in [0.3, 0.4) is 0 Å². The number of benzene rings is 1. The minimum absolute atomic E-state index is 0. The summed E-state index contributed by atoms with van der Waals surface area (Å²) < 4.78 is 2.22. The summed E-state index contributed by atoms with van der Waals surface area (Å²) >= 11 is 0. The molecule has 0 saturated carbocycles. The molecule has 0 amide bonds. The van der Waals surface area contributed by atoms with E-state index in [0.29, 0.717) is 0 Å². The molecule has 5 heteroatoms. The molecule has 1 aliphatic rings. The maximum absolute atomic E-state index is 9.28. The molecule has 18 heavy (non-hydrogen) atoms. The zero-order chi connectivity index (χ0) is 11.8. The summed E-state index contributed by atoms with van der Waals surface area (Å²) in [5.74, 6) is 1.24.